The molecule has 0 unspecified atom stereocenters. The zero-order valence-corrected chi connectivity index (χ0v) is 13.1. The van der Waals surface area contributed by atoms with Crippen molar-refractivity contribution in [1.29, 1.82) is 0 Å². The Hall–Kier alpha value is -2.47. The lowest BCUT2D eigenvalue weighted by atomic mass is 10.1. The molecule has 0 radical (unpaired) electrons. The Morgan fingerprint density at radius 3 is 2.54 bits per heavy atom. The van der Waals surface area contributed by atoms with Crippen LogP contribution in [0.15, 0.2) is 46.9 Å². The molecule has 0 bridgehead atoms. The van der Waals surface area contributed by atoms with E-state index in [9.17, 15) is 18.0 Å². The number of anilines is 1. The first-order valence-electron chi connectivity index (χ1n) is 6.93. The maximum atomic E-state index is 12.8. The molecule has 0 aliphatic heterocycles. The van der Waals surface area contributed by atoms with E-state index in [1.807, 2.05) is 0 Å². The van der Waals surface area contributed by atoms with Crippen molar-refractivity contribution < 1.29 is 22.4 Å². The molecule has 24 heavy (non-hydrogen) atoms. The van der Waals surface area contributed by atoms with Gasteiger partial charge in [0.25, 0.3) is 5.91 Å². The van der Waals surface area contributed by atoms with Crippen LogP contribution in [0.25, 0.3) is 11.0 Å². The minimum atomic E-state index is -4.53. The SMILES string of the molecule is Cc1c(C(=O)Nc2cc(C(F)(F)F)ccc2Cl)oc2ccccc12. The predicted octanol–water partition coefficient (Wildman–Crippen LogP) is 5.67. The van der Waals surface area contributed by atoms with E-state index in [1.165, 1.54) is 0 Å². The summed E-state index contributed by atoms with van der Waals surface area (Å²) in [6.45, 7) is 1.70. The summed E-state index contributed by atoms with van der Waals surface area (Å²) >= 11 is 5.88. The third kappa shape index (κ3) is 2.97. The zero-order valence-electron chi connectivity index (χ0n) is 12.4. The van der Waals surface area contributed by atoms with Crippen LogP contribution in [0.2, 0.25) is 5.02 Å². The molecule has 7 heteroatoms. The van der Waals surface area contributed by atoms with Crippen LogP contribution in [0.5, 0.6) is 0 Å². The lowest BCUT2D eigenvalue weighted by Crippen LogP contribution is -2.14. The Balaban J connectivity index is 1.96. The van der Waals surface area contributed by atoms with Crippen LogP contribution in [0.4, 0.5) is 18.9 Å². The van der Waals surface area contributed by atoms with Crippen molar-refractivity contribution in [3.05, 3.63) is 64.4 Å². The summed E-state index contributed by atoms with van der Waals surface area (Å²) in [5.74, 6) is -0.630. The fourth-order valence-corrected chi connectivity index (χ4v) is 2.53. The second-order valence-electron chi connectivity index (χ2n) is 5.20. The molecule has 124 valence electrons. The van der Waals surface area contributed by atoms with Gasteiger partial charge in [-0.3, -0.25) is 4.79 Å². The summed E-state index contributed by atoms with van der Waals surface area (Å²) in [4.78, 5) is 12.4. The fourth-order valence-electron chi connectivity index (χ4n) is 2.37. The van der Waals surface area contributed by atoms with E-state index in [1.54, 1.807) is 31.2 Å². The van der Waals surface area contributed by atoms with Crippen molar-refractivity contribution in [2.75, 3.05) is 5.32 Å². The monoisotopic (exact) mass is 353 g/mol. The number of aryl methyl sites for hydroxylation is 1. The van der Waals surface area contributed by atoms with E-state index in [2.05, 4.69) is 5.32 Å². The van der Waals surface area contributed by atoms with E-state index in [0.717, 1.165) is 23.6 Å². The van der Waals surface area contributed by atoms with Gasteiger partial charge in [-0.1, -0.05) is 29.8 Å². The molecule has 0 saturated carbocycles. The van der Waals surface area contributed by atoms with E-state index in [-0.39, 0.29) is 16.5 Å². The van der Waals surface area contributed by atoms with Gasteiger partial charge in [-0.2, -0.15) is 13.2 Å². The molecular weight excluding hydrogens is 343 g/mol. The molecule has 2 aromatic carbocycles. The molecule has 0 fully saturated rings. The minimum absolute atomic E-state index is 0.00474. The van der Waals surface area contributed by atoms with Gasteiger partial charge in [-0.15, -0.1) is 0 Å². The smallest absolute Gasteiger partial charge is 0.416 e. The number of furan rings is 1. The van der Waals surface area contributed by atoms with Crippen LogP contribution in [0.1, 0.15) is 21.7 Å². The van der Waals surface area contributed by atoms with E-state index >= 15 is 0 Å². The van der Waals surface area contributed by atoms with Crippen molar-refractivity contribution in [3.63, 3.8) is 0 Å². The fraction of sp³-hybridized carbons (Fsp3) is 0.118. The average molecular weight is 354 g/mol. The lowest BCUT2D eigenvalue weighted by Gasteiger charge is -2.11. The number of carbonyl (C=O) groups excluding carboxylic acids is 1. The third-order valence-corrected chi connectivity index (χ3v) is 3.92. The van der Waals surface area contributed by atoms with Crippen molar-refractivity contribution in [2.24, 2.45) is 0 Å². The second kappa shape index (κ2) is 5.87. The van der Waals surface area contributed by atoms with E-state index in [4.69, 9.17) is 16.0 Å². The minimum Gasteiger partial charge on any atom is -0.451 e. The average Bonchev–Trinajstić information content (AvgIpc) is 2.86. The number of amides is 1. The topological polar surface area (TPSA) is 42.2 Å². The van der Waals surface area contributed by atoms with Crippen LogP contribution in [-0.2, 0) is 6.18 Å². The molecule has 1 aromatic heterocycles. The largest absolute Gasteiger partial charge is 0.451 e. The Kier molecular flexibility index (Phi) is 4.01. The highest BCUT2D eigenvalue weighted by Crippen LogP contribution is 2.34. The molecule has 0 spiro atoms. The molecule has 0 aliphatic rings. The number of halogens is 4. The highest BCUT2D eigenvalue weighted by molar-refractivity contribution is 6.34. The molecule has 3 aromatic rings. The normalized spacial score (nSPS) is 11.7. The molecule has 1 N–H and O–H groups in total. The van der Waals surface area contributed by atoms with Crippen molar-refractivity contribution >= 4 is 34.2 Å². The number of hydrogen-bond acceptors (Lipinski definition) is 2. The number of hydrogen-bond donors (Lipinski definition) is 1. The zero-order chi connectivity index (χ0) is 17.5. The maximum absolute atomic E-state index is 12.8. The standard InChI is InChI=1S/C17H11ClF3NO2/c1-9-11-4-2-3-5-14(11)24-15(9)16(23)22-13-8-10(17(19,20)21)6-7-12(13)18/h2-8H,1H3,(H,22,23). The number of fused-ring (bicyclic) bond motifs is 1. The van der Waals surface area contributed by atoms with E-state index < -0.39 is 17.6 Å². The summed E-state index contributed by atoms with van der Waals surface area (Å²) in [6, 6.07) is 9.79. The van der Waals surface area contributed by atoms with Crippen LogP contribution in [0.3, 0.4) is 0 Å². The van der Waals surface area contributed by atoms with Gasteiger partial charge in [0.1, 0.15) is 5.58 Å². The number of nitrogens with one attached hydrogen (secondary N) is 1. The molecular formula is C17H11ClF3NO2. The summed E-state index contributed by atoms with van der Waals surface area (Å²) in [7, 11) is 0. The summed E-state index contributed by atoms with van der Waals surface area (Å²) in [5, 5.41) is 3.14. The number of alkyl halides is 3. The Morgan fingerprint density at radius 2 is 1.88 bits per heavy atom. The van der Waals surface area contributed by atoms with E-state index in [0.29, 0.717) is 11.1 Å². The second-order valence-corrected chi connectivity index (χ2v) is 5.61. The molecule has 0 saturated heterocycles. The predicted molar refractivity (Wildman–Crippen MR) is 85.4 cm³/mol. The quantitative estimate of drug-likeness (QED) is 0.645. The molecule has 1 heterocycles. The number of rotatable bonds is 2. The van der Waals surface area contributed by atoms with Crippen LogP contribution >= 0.6 is 11.6 Å². The molecule has 0 aliphatic carbocycles. The first kappa shape index (κ1) is 16.4. The van der Waals surface area contributed by atoms with Crippen LogP contribution in [0, 0.1) is 6.92 Å². The Morgan fingerprint density at radius 1 is 1.17 bits per heavy atom. The van der Waals surface area contributed by atoms with Gasteiger partial charge in [0.15, 0.2) is 5.76 Å². The molecule has 3 nitrogen and oxygen atoms in total. The molecule has 1 amide bonds. The summed E-state index contributed by atoms with van der Waals surface area (Å²) < 4.78 is 43.9. The van der Waals surface area contributed by atoms with Gasteiger partial charge in [0, 0.05) is 10.9 Å². The van der Waals surface area contributed by atoms with Crippen LogP contribution in [-0.4, -0.2) is 5.91 Å². The van der Waals surface area contributed by atoms with Gasteiger partial charge < -0.3 is 9.73 Å². The van der Waals surface area contributed by atoms with Crippen LogP contribution < -0.4 is 5.32 Å². The summed E-state index contributed by atoms with van der Waals surface area (Å²) in [5.41, 5.74) is 0.0985. The molecule has 3 rings (SSSR count). The highest BCUT2D eigenvalue weighted by atomic mass is 35.5. The van der Waals surface area contributed by atoms with Gasteiger partial charge in [0.2, 0.25) is 0 Å². The lowest BCUT2D eigenvalue weighted by molar-refractivity contribution is -0.137. The highest BCUT2D eigenvalue weighted by Gasteiger charge is 2.31. The van der Waals surface area contributed by atoms with Crippen molar-refractivity contribution in [2.45, 2.75) is 13.1 Å². The Labute approximate surface area is 140 Å². The van der Waals surface area contributed by atoms with Gasteiger partial charge in [-0.25, -0.2) is 0 Å². The number of carbonyl (C=O) groups is 1. The summed E-state index contributed by atoms with van der Waals surface area (Å²) in [6.07, 6.45) is -4.53. The van der Waals surface area contributed by atoms with Crippen molar-refractivity contribution in [3.8, 4) is 0 Å². The first-order chi connectivity index (χ1) is 11.3. The third-order valence-electron chi connectivity index (χ3n) is 3.59. The first-order valence-corrected chi connectivity index (χ1v) is 7.31. The van der Waals surface area contributed by atoms with Gasteiger partial charge >= 0.3 is 6.18 Å². The number of benzene rings is 2. The molecule has 0 atom stereocenters. The van der Waals surface area contributed by atoms with Gasteiger partial charge in [0.05, 0.1) is 16.3 Å². The maximum Gasteiger partial charge on any atom is 0.416 e. The Bertz CT molecular complexity index is 931. The number of para-hydroxylation sites is 1. The van der Waals surface area contributed by atoms with Crippen molar-refractivity contribution in [1.82, 2.24) is 0 Å². The van der Waals surface area contributed by atoms with Gasteiger partial charge in [-0.05, 0) is 31.2 Å².